The molecule has 0 fully saturated rings. The Morgan fingerprint density at radius 2 is 1.65 bits per heavy atom. The van der Waals surface area contributed by atoms with Crippen LogP contribution in [0.2, 0.25) is 0 Å². The third kappa shape index (κ3) is 1.51. The predicted octanol–water partition coefficient (Wildman–Crippen LogP) is 4.21. The minimum absolute atomic E-state index is 0.125. The normalized spacial score (nSPS) is 14.6. The summed E-state index contributed by atoms with van der Waals surface area (Å²) in [6.45, 7) is 0. The van der Waals surface area contributed by atoms with E-state index >= 15 is 0 Å². The molecule has 0 saturated carbocycles. The van der Waals surface area contributed by atoms with E-state index in [4.69, 9.17) is 0 Å². The van der Waals surface area contributed by atoms with Crippen LogP contribution in [0.1, 0.15) is 21.5 Å². The number of rotatable bonds is 1. The second-order valence-corrected chi connectivity index (χ2v) is 4.92. The highest BCUT2D eigenvalue weighted by molar-refractivity contribution is 6.22. The van der Waals surface area contributed by atoms with Crippen LogP contribution in [0.4, 0.5) is 0 Å². The van der Waals surface area contributed by atoms with Gasteiger partial charge < -0.3 is 0 Å². The summed E-state index contributed by atoms with van der Waals surface area (Å²) in [5, 5.41) is 0. The van der Waals surface area contributed by atoms with Gasteiger partial charge in [-0.2, -0.15) is 0 Å². The lowest BCUT2D eigenvalue weighted by Crippen LogP contribution is -1.96. The van der Waals surface area contributed by atoms with E-state index in [1.54, 1.807) is 0 Å². The van der Waals surface area contributed by atoms with Crippen molar-refractivity contribution in [1.29, 1.82) is 0 Å². The number of hydrogen-bond acceptors (Lipinski definition) is 1. The minimum Gasteiger partial charge on any atom is -0.289 e. The molecule has 0 spiro atoms. The summed E-state index contributed by atoms with van der Waals surface area (Å²) in [5.41, 5.74) is 5.86. The maximum Gasteiger partial charge on any atom is 0.194 e. The molecule has 2 aromatic carbocycles. The van der Waals surface area contributed by atoms with Gasteiger partial charge in [0.1, 0.15) is 12.2 Å². The van der Waals surface area contributed by atoms with E-state index in [9.17, 15) is 4.79 Å². The average Bonchev–Trinajstić information content (AvgIpc) is 2.81. The van der Waals surface area contributed by atoms with Gasteiger partial charge in [-0.25, -0.2) is 0 Å². The molecule has 2 aliphatic carbocycles. The molecule has 2 aromatic rings. The topological polar surface area (TPSA) is 17.1 Å². The zero-order valence-electron chi connectivity index (χ0n) is 10.8. The maximum atomic E-state index is 12.5. The molecule has 0 amide bonds. The van der Waals surface area contributed by atoms with E-state index in [0.29, 0.717) is 0 Å². The summed E-state index contributed by atoms with van der Waals surface area (Å²) < 4.78 is 0. The highest BCUT2D eigenvalue weighted by Gasteiger charge is 2.26. The second-order valence-electron chi connectivity index (χ2n) is 4.92. The van der Waals surface area contributed by atoms with Crippen LogP contribution < -0.4 is 0 Å². The van der Waals surface area contributed by atoms with E-state index in [-0.39, 0.29) is 5.78 Å². The second kappa shape index (κ2) is 4.12. The standard InChI is InChI=1S/C19H11O/c20-19-17-9-5-4-8-15(17)16-11-10-14(12-18(16)19)13-6-2-1-3-7-13/h2-12H/q+1. The number of allylic oxidation sites excluding steroid dienone is 6. The van der Waals surface area contributed by atoms with Crippen LogP contribution in [-0.4, -0.2) is 5.78 Å². The van der Waals surface area contributed by atoms with Gasteiger partial charge in [-0.3, -0.25) is 4.79 Å². The Morgan fingerprint density at radius 3 is 2.45 bits per heavy atom. The van der Waals surface area contributed by atoms with Gasteiger partial charge >= 0.3 is 0 Å². The Labute approximate surface area is 117 Å². The molecule has 0 N–H and O–H groups in total. The number of carbonyl (C=O) groups excluding carboxylic acids is 1. The largest absolute Gasteiger partial charge is 0.289 e. The van der Waals surface area contributed by atoms with Crippen molar-refractivity contribution in [3.63, 3.8) is 0 Å². The Morgan fingerprint density at radius 1 is 0.850 bits per heavy atom. The fourth-order valence-corrected chi connectivity index (χ4v) is 2.79. The van der Waals surface area contributed by atoms with E-state index < -0.39 is 0 Å². The fraction of sp³-hybridized carbons (Fsp3) is 0. The van der Waals surface area contributed by atoms with E-state index in [1.165, 1.54) is 0 Å². The highest BCUT2D eigenvalue weighted by Crippen LogP contribution is 2.37. The molecule has 92 valence electrons. The van der Waals surface area contributed by atoms with Crippen LogP contribution in [-0.2, 0) is 0 Å². The number of ketones is 1. The minimum atomic E-state index is 0.125. The first-order valence-electron chi connectivity index (χ1n) is 6.59. The Balaban J connectivity index is 1.89. The zero-order valence-corrected chi connectivity index (χ0v) is 10.8. The third-order valence-electron chi connectivity index (χ3n) is 3.78. The summed E-state index contributed by atoms with van der Waals surface area (Å²) in [5.74, 6) is 0.125. The van der Waals surface area contributed by atoms with Crippen molar-refractivity contribution in [2.45, 2.75) is 0 Å². The smallest absolute Gasteiger partial charge is 0.194 e. The Bertz CT molecular complexity index is 819. The number of carbonyl (C=O) groups is 1. The molecule has 0 radical (unpaired) electrons. The quantitative estimate of drug-likeness (QED) is 0.595. The molecule has 1 heteroatoms. The molecule has 0 unspecified atom stereocenters. The fourth-order valence-electron chi connectivity index (χ4n) is 2.79. The molecule has 0 aromatic heterocycles. The van der Waals surface area contributed by atoms with E-state index in [0.717, 1.165) is 33.4 Å². The summed E-state index contributed by atoms with van der Waals surface area (Å²) >= 11 is 0. The number of fused-ring (bicyclic) bond motifs is 3. The van der Waals surface area contributed by atoms with Crippen molar-refractivity contribution in [1.82, 2.24) is 0 Å². The maximum absolute atomic E-state index is 12.5. The van der Waals surface area contributed by atoms with Crippen LogP contribution in [0, 0.1) is 6.08 Å². The molecule has 1 nitrogen and oxygen atoms in total. The van der Waals surface area contributed by atoms with Crippen LogP contribution >= 0.6 is 0 Å². The van der Waals surface area contributed by atoms with Crippen molar-refractivity contribution < 1.29 is 4.79 Å². The molecule has 0 saturated heterocycles. The summed E-state index contributed by atoms with van der Waals surface area (Å²) in [6, 6.07) is 13.9. The number of benzene rings is 2. The van der Waals surface area contributed by atoms with Gasteiger partial charge in [-0.05, 0) is 17.2 Å². The average molecular weight is 255 g/mol. The van der Waals surface area contributed by atoms with Crippen molar-refractivity contribution in [3.8, 4) is 11.1 Å². The molecule has 2 aliphatic rings. The molecule has 0 bridgehead atoms. The zero-order chi connectivity index (χ0) is 13.5. The molecular formula is C19H11O+. The number of hydrogen-bond donors (Lipinski definition) is 0. The van der Waals surface area contributed by atoms with Crippen molar-refractivity contribution in [2.75, 3.05) is 0 Å². The van der Waals surface area contributed by atoms with Gasteiger partial charge in [-0.1, -0.05) is 36.4 Å². The first-order chi connectivity index (χ1) is 9.84. The van der Waals surface area contributed by atoms with Crippen molar-refractivity contribution >= 4 is 11.4 Å². The van der Waals surface area contributed by atoms with Crippen molar-refractivity contribution in [3.05, 3.63) is 89.5 Å². The van der Waals surface area contributed by atoms with Gasteiger partial charge in [0.25, 0.3) is 0 Å². The molecule has 0 aliphatic heterocycles. The summed E-state index contributed by atoms with van der Waals surface area (Å²) in [6.07, 6.45) is 10.8. The first-order valence-corrected chi connectivity index (χ1v) is 6.59. The lowest BCUT2D eigenvalue weighted by molar-refractivity contribution is 0.104. The summed E-state index contributed by atoms with van der Waals surface area (Å²) in [7, 11) is 0. The molecule has 20 heavy (non-hydrogen) atoms. The van der Waals surface area contributed by atoms with Gasteiger partial charge in [0.2, 0.25) is 0 Å². The van der Waals surface area contributed by atoms with Crippen LogP contribution in [0.25, 0.3) is 16.7 Å². The highest BCUT2D eigenvalue weighted by atomic mass is 16.1. The van der Waals surface area contributed by atoms with Crippen molar-refractivity contribution in [2.24, 2.45) is 0 Å². The van der Waals surface area contributed by atoms with Crippen LogP contribution in [0.15, 0.2) is 66.8 Å². The lowest BCUT2D eigenvalue weighted by Gasteiger charge is -2.03. The molecular weight excluding hydrogens is 244 g/mol. The van der Waals surface area contributed by atoms with Gasteiger partial charge in [0.15, 0.2) is 5.78 Å². The van der Waals surface area contributed by atoms with Gasteiger partial charge in [-0.15, -0.1) is 0 Å². The van der Waals surface area contributed by atoms with E-state index in [2.05, 4.69) is 12.1 Å². The van der Waals surface area contributed by atoms with Crippen LogP contribution in [0.5, 0.6) is 0 Å². The van der Waals surface area contributed by atoms with E-state index in [1.807, 2.05) is 60.7 Å². The lowest BCUT2D eigenvalue weighted by atomic mass is 9.97. The molecule has 0 atom stereocenters. The monoisotopic (exact) mass is 255 g/mol. The van der Waals surface area contributed by atoms with Gasteiger partial charge in [0.05, 0.1) is 17.7 Å². The summed E-state index contributed by atoms with van der Waals surface area (Å²) in [4.78, 5) is 12.5. The van der Waals surface area contributed by atoms with Gasteiger partial charge in [0, 0.05) is 22.8 Å². The SMILES string of the molecule is O=C1c2ccccc2-c2ccc(C3=CC=[C+]C=C3)cc21. The first kappa shape index (κ1) is 11.1. The predicted molar refractivity (Wildman–Crippen MR) is 80.2 cm³/mol. The Hall–Kier alpha value is -2.76. The Kier molecular flexibility index (Phi) is 2.29. The molecule has 0 heterocycles. The van der Waals surface area contributed by atoms with Crippen LogP contribution in [0.3, 0.4) is 0 Å². The third-order valence-corrected chi connectivity index (χ3v) is 3.78. The molecule has 4 rings (SSSR count).